The molecule has 32 heavy (non-hydrogen) atoms. The fourth-order valence-corrected chi connectivity index (χ4v) is 3.97. The first kappa shape index (κ1) is 20.1. The molecule has 0 saturated carbocycles. The summed E-state index contributed by atoms with van der Waals surface area (Å²) in [7, 11) is 0. The number of rotatable bonds is 6. The molecule has 0 saturated heterocycles. The van der Waals surface area contributed by atoms with Crippen molar-refractivity contribution in [3.05, 3.63) is 95.7 Å². The highest BCUT2D eigenvalue weighted by atomic mass is 16.5. The van der Waals surface area contributed by atoms with Crippen LogP contribution in [-0.4, -0.2) is 17.2 Å². The third kappa shape index (κ3) is 4.42. The molecule has 1 unspecified atom stereocenters. The Labute approximate surface area is 187 Å². The van der Waals surface area contributed by atoms with Gasteiger partial charge in [-0.2, -0.15) is 0 Å². The number of benzene rings is 3. The molecule has 1 aliphatic rings. The molecule has 0 fully saturated rings. The van der Waals surface area contributed by atoms with E-state index in [0.717, 1.165) is 34.4 Å². The summed E-state index contributed by atoms with van der Waals surface area (Å²) in [5, 5.41) is 7.01. The molecule has 0 bridgehead atoms. The molecule has 0 spiro atoms. The van der Waals surface area contributed by atoms with Gasteiger partial charge in [0.2, 0.25) is 5.91 Å². The van der Waals surface area contributed by atoms with Gasteiger partial charge in [0.1, 0.15) is 17.5 Å². The van der Waals surface area contributed by atoms with Crippen molar-refractivity contribution < 1.29 is 14.1 Å². The fraction of sp³-hybridized carbons (Fsp3) is 0.185. The summed E-state index contributed by atoms with van der Waals surface area (Å²) < 4.78 is 11.3. The molecule has 4 aromatic rings. The zero-order chi connectivity index (χ0) is 21.9. The topological polar surface area (TPSA) is 64.4 Å². The van der Waals surface area contributed by atoms with Crippen molar-refractivity contribution in [1.82, 2.24) is 10.5 Å². The second-order valence-electron chi connectivity index (χ2n) is 8.15. The molecular weight excluding hydrogens is 400 g/mol. The van der Waals surface area contributed by atoms with E-state index in [4.69, 9.17) is 9.26 Å². The minimum absolute atomic E-state index is 0.0538. The molecule has 1 aliphatic heterocycles. The summed E-state index contributed by atoms with van der Waals surface area (Å²) in [6.07, 6.45) is 1.45. The number of ether oxygens (including phenoxy) is 1. The van der Waals surface area contributed by atoms with Gasteiger partial charge in [-0.1, -0.05) is 71.9 Å². The van der Waals surface area contributed by atoms with Crippen LogP contribution >= 0.6 is 0 Å². The van der Waals surface area contributed by atoms with E-state index in [-0.39, 0.29) is 12.0 Å². The third-order valence-electron chi connectivity index (χ3n) is 5.64. The molecule has 3 aromatic carbocycles. The van der Waals surface area contributed by atoms with Gasteiger partial charge in [-0.05, 0) is 35.2 Å². The van der Waals surface area contributed by atoms with Gasteiger partial charge in [0.05, 0.1) is 13.0 Å². The smallest absolute Gasteiger partial charge is 0.224 e. The van der Waals surface area contributed by atoms with Gasteiger partial charge in [0.25, 0.3) is 0 Å². The molecule has 2 heterocycles. The average Bonchev–Trinajstić information content (AvgIpc) is 3.44. The maximum Gasteiger partial charge on any atom is 0.224 e. The molecule has 0 radical (unpaired) electrons. The van der Waals surface area contributed by atoms with Crippen LogP contribution in [0, 0.1) is 0 Å². The van der Waals surface area contributed by atoms with Crippen molar-refractivity contribution in [3.63, 3.8) is 0 Å². The Morgan fingerprint density at radius 3 is 2.53 bits per heavy atom. The Balaban J connectivity index is 1.17. The van der Waals surface area contributed by atoms with Crippen molar-refractivity contribution in [2.75, 3.05) is 0 Å². The van der Waals surface area contributed by atoms with Crippen molar-refractivity contribution in [2.45, 2.75) is 32.4 Å². The van der Waals surface area contributed by atoms with Crippen LogP contribution in [0.1, 0.15) is 23.7 Å². The van der Waals surface area contributed by atoms with E-state index in [1.54, 1.807) is 0 Å². The molecule has 1 atom stereocenters. The second kappa shape index (κ2) is 8.71. The first-order valence-corrected chi connectivity index (χ1v) is 10.8. The van der Waals surface area contributed by atoms with Gasteiger partial charge in [-0.25, -0.2) is 0 Å². The lowest BCUT2D eigenvalue weighted by molar-refractivity contribution is -0.120. The number of carbonyl (C=O) groups excluding carboxylic acids is 1. The van der Waals surface area contributed by atoms with Gasteiger partial charge in [0, 0.05) is 18.1 Å². The standard InChI is InChI=1S/C27H24N2O3/c1-18-13-22-11-12-23(15-25(22)31-18)26-16-24(29-32-26)17-28-27(30)14-19-7-9-21(10-8-19)20-5-3-2-4-6-20/h2-12,15-16,18H,13-14,17H2,1H3,(H,28,30). The summed E-state index contributed by atoms with van der Waals surface area (Å²) >= 11 is 0. The summed E-state index contributed by atoms with van der Waals surface area (Å²) in [6, 6.07) is 26.2. The number of nitrogens with one attached hydrogen (secondary N) is 1. The van der Waals surface area contributed by atoms with Gasteiger partial charge >= 0.3 is 0 Å². The summed E-state index contributed by atoms with van der Waals surface area (Å²) in [4.78, 5) is 12.4. The number of hydrogen-bond donors (Lipinski definition) is 1. The number of aromatic nitrogens is 1. The van der Waals surface area contributed by atoms with E-state index in [9.17, 15) is 4.79 Å². The van der Waals surface area contributed by atoms with Gasteiger partial charge in [-0.3, -0.25) is 4.79 Å². The van der Waals surface area contributed by atoms with Gasteiger partial charge in [-0.15, -0.1) is 0 Å². The van der Waals surface area contributed by atoms with Crippen LogP contribution in [0.5, 0.6) is 5.75 Å². The minimum atomic E-state index is -0.0538. The van der Waals surface area contributed by atoms with Crippen LogP contribution in [0.25, 0.3) is 22.5 Å². The Kier molecular flexibility index (Phi) is 5.46. The van der Waals surface area contributed by atoms with E-state index in [1.165, 1.54) is 5.56 Å². The quantitative estimate of drug-likeness (QED) is 0.463. The molecule has 0 aliphatic carbocycles. The normalized spacial score (nSPS) is 14.6. The lowest BCUT2D eigenvalue weighted by Crippen LogP contribution is -2.24. The monoisotopic (exact) mass is 424 g/mol. The van der Waals surface area contributed by atoms with Crippen molar-refractivity contribution in [3.8, 4) is 28.2 Å². The zero-order valence-corrected chi connectivity index (χ0v) is 17.9. The number of fused-ring (bicyclic) bond motifs is 1. The van der Waals surface area contributed by atoms with E-state index in [0.29, 0.717) is 24.4 Å². The van der Waals surface area contributed by atoms with Gasteiger partial charge < -0.3 is 14.6 Å². The molecule has 1 aromatic heterocycles. The summed E-state index contributed by atoms with van der Waals surface area (Å²) in [5.41, 5.74) is 6.08. The van der Waals surface area contributed by atoms with E-state index in [1.807, 2.05) is 60.7 Å². The van der Waals surface area contributed by atoms with Crippen LogP contribution in [0.2, 0.25) is 0 Å². The van der Waals surface area contributed by atoms with E-state index in [2.05, 4.69) is 35.6 Å². The molecule has 1 N–H and O–H groups in total. The lowest BCUT2D eigenvalue weighted by atomic mass is 10.0. The van der Waals surface area contributed by atoms with Crippen LogP contribution in [0.4, 0.5) is 0 Å². The molecular formula is C27H24N2O3. The fourth-order valence-electron chi connectivity index (χ4n) is 3.97. The van der Waals surface area contributed by atoms with Crippen LogP contribution in [0.15, 0.2) is 83.4 Å². The van der Waals surface area contributed by atoms with Gasteiger partial charge in [0.15, 0.2) is 5.76 Å². The highest BCUT2D eigenvalue weighted by Gasteiger charge is 2.20. The minimum Gasteiger partial charge on any atom is -0.490 e. The lowest BCUT2D eigenvalue weighted by Gasteiger charge is -2.05. The Hall–Kier alpha value is -3.86. The Bertz CT molecular complexity index is 1230. The van der Waals surface area contributed by atoms with Crippen LogP contribution in [0.3, 0.4) is 0 Å². The molecule has 1 amide bonds. The third-order valence-corrected chi connectivity index (χ3v) is 5.64. The Morgan fingerprint density at radius 1 is 0.969 bits per heavy atom. The van der Waals surface area contributed by atoms with Crippen LogP contribution < -0.4 is 10.1 Å². The average molecular weight is 425 g/mol. The number of amides is 1. The molecule has 5 heteroatoms. The largest absolute Gasteiger partial charge is 0.490 e. The van der Waals surface area contributed by atoms with Crippen molar-refractivity contribution >= 4 is 5.91 Å². The second-order valence-corrected chi connectivity index (χ2v) is 8.15. The Morgan fingerprint density at radius 2 is 1.72 bits per heavy atom. The highest BCUT2D eigenvalue weighted by Crippen LogP contribution is 2.33. The maximum absolute atomic E-state index is 12.4. The summed E-state index contributed by atoms with van der Waals surface area (Å²) in [5.74, 6) is 1.51. The van der Waals surface area contributed by atoms with E-state index >= 15 is 0 Å². The van der Waals surface area contributed by atoms with Crippen molar-refractivity contribution in [2.24, 2.45) is 0 Å². The maximum atomic E-state index is 12.4. The predicted octanol–water partition coefficient (Wildman–Crippen LogP) is 5.19. The van der Waals surface area contributed by atoms with Crippen LogP contribution in [-0.2, 0) is 24.2 Å². The number of carbonyl (C=O) groups is 1. The molecule has 5 nitrogen and oxygen atoms in total. The zero-order valence-electron chi connectivity index (χ0n) is 17.9. The first-order chi connectivity index (χ1) is 15.6. The molecule has 5 rings (SSSR count). The highest BCUT2D eigenvalue weighted by molar-refractivity contribution is 5.79. The van der Waals surface area contributed by atoms with Crippen molar-refractivity contribution in [1.29, 1.82) is 0 Å². The first-order valence-electron chi connectivity index (χ1n) is 10.8. The predicted molar refractivity (Wildman–Crippen MR) is 123 cm³/mol. The molecule has 160 valence electrons. The number of nitrogens with zero attached hydrogens (tertiary/aromatic N) is 1. The van der Waals surface area contributed by atoms with E-state index < -0.39 is 0 Å². The summed E-state index contributed by atoms with van der Waals surface area (Å²) in [6.45, 7) is 2.38. The number of hydrogen-bond acceptors (Lipinski definition) is 4. The SMILES string of the molecule is CC1Cc2ccc(-c3cc(CNC(=O)Cc4ccc(-c5ccccc5)cc4)no3)cc2O1.